The summed E-state index contributed by atoms with van der Waals surface area (Å²) >= 11 is 3.31. The van der Waals surface area contributed by atoms with Crippen LogP contribution in [0.4, 0.5) is 4.39 Å². The summed E-state index contributed by atoms with van der Waals surface area (Å²) < 4.78 is 14.3. The molecule has 0 aliphatic heterocycles. The fourth-order valence-corrected chi connectivity index (χ4v) is 3.33. The molecule has 1 unspecified atom stereocenters. The summed E-state index contributed by atoms with van der Waals surface area (Å²) in [6.45, 7) is 0. The molecule has 1 aromatic rings. The highest BCUT2D eigenvalue weighted by molar-refractivity contribution is 9.10. The van der Waals surface area contributed by atoms with Gasteiger partial charge in [-0.05, 0) is 41.6 Å². The molecular formula is C9H10BrFSi. The third kappa shape index (κ3) is 1.25. The van der Waals surface area contributed by atoms with Gasteiger partial charge in [-0.1, -0.05) is 15.9 Å². The lowest BCUT2D eigenvalue weighted by Gasteiger charge is -2.05. The highest BCUT2D eigenvalue weighted by Gasteiger charge is 2.22. The summed E-state index contributed by atoms with van der Waals surface area (Å²) in [7, 11) is 1.07. The summed E-state index contributed by atoms with van der Waals surface area (Å²) in [6, 6.07) is 3.63. The minimum atomic E-state index is -0.0168. The molecule has 1 aromatic carbocycles. The van der Waals surface area contributed by atoms with Crippen LogP contribution < -0.4 is 0 Å². The largest absolute Gasteiger partial charge is 0.207 e. The van der Waals surface area contributed by atoms with Gasteiger partial charge < -0.3 is 0 Å². The van der Waals surface area contributed by atoms with Crippen molar-refractivity contribution in [1.82, 2.24) is 0 Å². The minimum absolute atomic E-state index is 0.0168. The van der Waals surface area contributed by atoms with Gasteiger partial charge in [-0.15, -0.1) is 0 Å². The molecule has 3 heteroatoms. The molecule has 0 spiro atoms. The SMILES string of the molecule is Fc1cc(Br)cc2c1C([SiH3])CC2. The first-order valence-electron chi connectivity index (χ1n) is 4.16. The number of rotatable bonds is 0. The predicted octanol–water partition coefficient (Wildman–Crippen LogP) is 1.94. The van der Waals surface area contributed by atoms with Crippen LogP contribution in [0, 0.1) is 5.82 Å². The average Bonchev–Trinajstić information content (AvgIpc) is 2.31. The number of hydrogen-bond acceptors (Lipinski definition) is 0. The van der Waals surface area contributed by atoms with E-state index >= 15 is 0 Å². The third-order valence-electron chi connectivity index (χ3n) is 2.52. The van der Waals surface area contributed by atoms with Gasteiger partial charge in [0.1, 0.15) is 5.82 Å². The van der Waals surface area contributed by atoms with E-state index in [4.69, 9.17) is 0 Å². The Morgan fingerprint density at radius 2 is 2.25 bits per heavy atom. The molecule has 0 fully saturated rings. The van der Waals surface area contributed by atoms with Gasteiger partial charge in [-0.3, -0.25) is 0 Å². The quantitative estimate of drug-likeness (QED) is 0.613. The fourth-order valence-electron chi connectivity index (χ4n) is 1.91. The molecule has 2 rings (SSSR count). The Bertz CT molecular complexity index is 325. The zero-order valence-corrected chi connectivity index (χ0v) is 10.5. The van der Waals surface area contributed by atoms with E-state index in [1.165, 1.54) is 5.56 Å². The lowest BCUT2D eigenvalue weighted by atomic mass is 10.1. The van der Waals surface area contributed by atoms with Crippen molar-refractivity contribution in [1.29, 1.82) is 0 Å². The van der Waals surface area contributed by atoms with Gasteiger partial charge >= 0.3 is 0 Å². The number of fused-ring (bicyclic) bond motifs is 1. The van der Waals surface area contributed by atoms with Crippen molar-refractivity contribution in [2.24, 2.45) is 0 Å². The maximum Gasteiger partial charge on any atom is 0.127 e. The average molecular weight is 245 g/mol. The predicted molar refractivity (Wildman–Crippen MR) is 55.1 cm³/mol. The van der Waals surface area contributed by atoms with E-state index in [9.17, 15) is 4.39 Å². The second-order valence-corrected chi connectivity index (χ2v) is 5.71. The Morgan fingerprint density at radius 3 is 3.00 bits per heavy atom. The summed E-state index contributed by atoms with van der Waals surface area (Å²) in [5.41, 5.74) is 2.74. The number of aryl methyl sites for hydroxylation is 1. The third-order valence-corrected chi connectivity index (χ3v) is 4.13. The Kier molecular flexibility index (Phi) is 2.08. The molecule has 1 aliphatic rings. The highest BCUT2D eigenvalue weighted by atomic mass is 79.9. The monoisotopic (exact) mass is 244 g/mol. The fraction of sp³-hybridized carbons (Fsp3) is 0.333. The normalized spacial score (nSPS) is 21.3. The standard InChI is InChI=1S/C9H10BrFSi/c10-6-3-5-1-2-8(12)9(5)7(11)4-6/h3-4,8H,1-2H2,12H3. The Labute approximate surface area is 82.7 Å². The van der Waals surface area contributed by atoms with E-state index in [-0.39, 0.29) is 5.82 Å². The van der Waals surface area contributed by atoms with Gasteiger partial charge in [-0.25, -0.2) is 4.39 Å². The smallest absolute Gasteiger partial charge is 0.127 e. The van der Waals surface area contributed by atoms with Gasteiger partial charge in [-0.2, -0.15) is 0 Å². The number of benzene rings is 1. The summed E-state index contributed by atoms with van der Waals surface area (Å²) in [6.07, 6.45) is 2.20. The van der Waals surface area contributed by atoms with E-state index in [2.05, 4.69) is 22.0 Å². The number of halogens is 2. The number of hydrogen-bond donors (Lipinski definition) is 0. The topological polar surface area (TPSA) is 0 Å². The maximum atomic E-state index is 13.4. The molecule has 1 atom stereocenters. The molecule has 0 bridgehead atoms. The molecule has 0 heterocycles. The van der Waals surface area contributed by atoms with Crippen LogP contribution in [0.3, 0.4) is 0 Å². The summed E-state index contributed by atoms with van der Waals surface area (Å²) in [5.74, 6) is -0.0168. The van der Waals surface area contributed by atoms with E-state index in [1.54, 1.807) is 6.07 Å². The highest BCUT2D eigenvalue weighted by Crippen LogP contribution is 2.34. The maximum absolute atomic E-state index is 13.4. The minimum Gasteiger partial charge on any atom is -0.207 e. The molecule has 0 saturated heterocycles. The molecule has 0 nitrogen and oxygen atoms in total. The van der Waals surface area contributed by atoms with Crippen LogP contribution in [0.5, 0.6) is 0 Å². The molecule has 0 aromatic heterocycles. The molecular weight excluding hydrogens is 235 g/mol. The van der Waals surface area contributed by atoms with Crippen molar-refractivity contribution in [3.63, 3.8) is 0 Å². The van der Waals surface area contributed by atoms with Gasteiger partial charge in [0.2, 0.25) is 0 Å². The summed E-state index contributed by atoms with van der Waals surface area (Å²) in [4.78, 5) is 0. The van der Waals surface area contributed by atoms with Crippen LogP contribution in [0.15, 0.2) is 16.6 Å². The Morgan fingerprint density at radius 1 is 1.50 bits per heavy atom. The molecule has 0 radical (unpaired) electrons. The van der Waals surface area contributed by atoms with Crippen LogP contribution in [-0.2, 0) is 6.42 Å². The van der Waals surface area contributed by atoms with Gasteiger partial charge in [0.25, 0.3) is 0 Å². The van der Waals surface area contributed by atoms with Gasteiger partial charge in [0, 0.05) is 14.7 Å². The molecule has 1 aliphatic carbocycles. The Balaban J connectivity index is 2.60. The first-order chi connectivity index (χ1) is 5.68. The molecule has 0 N–H and O–H groups in total. The summed E-state index contributed by atoms with van der Waals surface area (Å²) in [5, 5.41) is 0. The van der Waals surface area contributed by atoms with E-state index in [1.807, 2.05) is 0 Å². The van der Waals surface area contributed by atoms with Crippen LogP contribution >= 0.6 is 15.9 Å². The van der Waals surface area contributed by atoms with Crippen LogP contribution in [0.2, 0.25) is 0 Å². The van der Waals surface area contributed by atoms with E-state index in [0.717, 1.165) is 33.1 Å². The first kappa shape index (κ1) is 8.45. The first-order valence-corrected chi connectivity index (χ1v) is 6.11. The van der Waals surface area contributed by atoms with Crippen LogP contribution in [-0.4, -0.2) is 10.2 Å². The molecule has 12 heavy (non-hydrogen) atoms. The van der Waals surface area contributed by atoms with Crippen LogP contribution in [0.25, 0.3) is 0 Å². The van der Waals surface area contributed by atoms with Crippen molar-refractivity contribution in [2.75, 3.05) is 0 Å². The van der Waals surface area contributed by atoms with Crippen molar-refractivity contribution in [2.45, 2.75) is 18.4 Å². The van der Waals surface area contributed by atoms with Gasteiger partial charge in [0.15, 0.2) is 0 Å². The lowest BCUT2D eigenvalue weighted by Crippen LogP contribution is -1.95. The molecule has 0 amide bonds. The van der Waals surface area contributed by atoms with Gasteiger partial charge in [0.05, 0.1) is 0 Å². The zero-order chi connectivity index (χ0) is 8.72. The van der Waals surface area contributed by atoms with Crippen molar-refractivity contribution in [3.05, 3.63) is 33.5 Å². The lowest BCUT2D eigenvalue weighted by molar-refractivity contribution is 0.609. The Hall–Kier alpha value is -0.153. The van der Waals surface area contributed by atoms with Crippen LogP contribution in [0.1, 0.15) is 23.1 Å². The second-order valence-electron chi connectivity index (χ2n) is 3.40. The van der Waals surface area contributed by atoms with Crippen molar-refractivity contribution < 1.29 is 4.39 Å². The second kappa shape index (κ2) is 2.96. The van der Waals surface area contributed by atoms with E-state index in [0.29, 0.717) is 5.54 Å². The van der Waals surface area contributed by atoms with Crippen molar-refractivity contribution in [3.8, 4) is 0 Å². The van der Waals surface area contributed by atoms with E-state index < -0.39 is 0 Å². The van der Waals surface area contributed by atoms with Crippen molar-refractivity contribution >= 4 is 26.2 Å². The zero-order valence-electron chi connectivity index (χ0n) is 6.90. The molecule has 64 valence electrons. The molecule has 0 saturated carbocycles.